The van der Waals surface area contributed by atoms with Crippen molar-refractivity contribution in [3.63, 3.8) is 0 Å². The minimum atomic E-state index is -0.458. The van der Waals surface area contributed by atoms with Crippen LogP contribution in [0.4, 0.5) is 5.69 Å². The molecule has 172 valence electrons. The molecule has 5 aliphatic rings. The van der Waals surface area contributed by atoms with E-state index in [1.807, 2.05) is 30.3 Å². The van der Waals surface area contributed by atoms with E-state index in [4.69, 9.17) is 4.74 Å². The number of carbonyl (C=O) groups excluding carboxylic acids is 2. The van der Waals surface area contributed by atoms with Crippen LogP contribution in [0.25, 0.3) is 0 Å². The molecule has 2 aromatic carbocycles. The zero-order chi connectivity index (χ0) is 22.8. The molecule has 0 radical (unpaired) electrons. The fraction of sp³-hybridized carbons (Fsp3) is 0.481. The SMILES string of the molecule is COc1ccc2c(c1)CCN(C(=O)[C@@H]1C[C@H]3CC[C@@]1(C)C[C@]31NC(=O)c3ccccc3N1)C2. The molecule has 0 unspecified atom stereocenters. The van der Waals surface area contributed by atoms with E-state index in [9.17, 15) is 9.59 Å². The van der Waals surface area contributed by atoms with Crippen LogP contribution in [0.2, 0.25) is 0 Å². The first kappa shape index (κ1) is 20.6. The molecular formula is C27H31N3O3. The van der Waals surface area contributed by atoms with Crippen molar-refractivity contribution in [2.24, 2.45) is 17.3 Å². The second kappa shape index (κ2) is 7.24. The number of fused-ring (bicyclic) bond motifs is 4. The van der Waals surface area contributed by atoms with E-state index in [2.05, 4.69) is 34.6 Å². The Balaban J connectivity index is 1.23. The molecule has 2 N–H and O–H groups in total. The molecule has 2 aromatic rings. The Hall–Kier alpha value is -3.02. The molecule has 7 rings (SSSR count). The van der Waals surface area contributed by atoms with Gasteiger partial charge in [-0.3, -0.25) is 9.59 Å². The van der Waals surface area contributed by atoms with E-state index in [0.29, 0.717) is 12.1 Å². The van der Waals surface area contributed by atoms with E-state index < -0.39 is 5.66 Å². The van der Waals surface area contributed by atoms with Gasteiger partial charge in [-0.15, -0.1) is 0 Å². The van der Waals surface area contributed by atoms with Crippen molar-refractivity contribution in [3.05, 3.63) is 59.2 Å². The molecule has 33 heavy (non-hydrogen) atoms. The molecule has 2 heterocycles. The lowest BCUT2D eigenvalue weighted by molar-refractivity contribution is -0.151. The number of ether oxygens (including phenoxy) is 1. The zero-order valence-electron chi connectivity index (χ0n) is 19.3. The molecule has 3 saturated carbocycles. The summed E-state index contributed by atoms with van der Waals surface area (Å²) < 4.78 is 5.36. The lowest BCUT2D eigenvalue weighted by Gasteiger charge is -2.61. The van der Waals surface area contributed by atoms with E-state index in [1.165, 1.54) is 11.1 Å². The lowest BCUT2D eigenvalue weighted by Crippen LogP contribution is -2.70. The summed E-state index contributed by atoms with van der Waals surface area (Å²) >= 11 is 0. The molecule has 0 saturated heterocycles. The second-order valence-corrected chi connectivity index (χ2v) is 10.6. The first-order valence-corrected chi connectivity index (χ1v) is 12.1. The number of nitrogens with one attached hydrogen (secondary N) is 2. The molecule has 0 aromatic heterocycles. The van der Waals surface area contributed by atoms with Crippen LogP contribution >= 0.6 is 0 Å². The maximum atomic E-state index is 13.8. The maximum Gasteiger partial charge on any atom is 0.255 e. The molecule has 1 spiro atoms. The average molecular weight is 446 g/mol. The van der Waals surface area contributed by atoms with Crippen LogP contribution in [0.3, 0.4) is 0 Å². The predicted molar refractivity (Wildman–Crippen MR) is 126 cm³/mol. The van der Waals surface area contributed by atoms with Crippen LogP contribution in [-0.2, 0) is 17.8 Å². The number of para-hydroxylation sites is 1. The number of nitrogens with zero attached hydrogens (tertiary/aromatic N) is 1. The van der Waals surface area contributed by atoms with E-state index >= 15 is 0 Å². The molecule has 4 atom stereocenters. The van der Waals surface area contributed by atoms with E-state index in [-0.39, 0.29) is 29.1 Å². The van der Waals surface area contributed by atoms with Gasteiger partial charge in [0.05, 0.1) is 12.7 Å². The van der Waals surface area contributed by atoms with Crippen LogP contribution < -0.4 is 15.4 Å². The summed E-state index contributed by atoms with van der Waals surface area (Å²) in [6.45, 7) is 3.68. The van der Waals surface area contributed by atoms with E-state index in [1.54, 1.807) is 7.11 Å². The van der Waals surface area contributed by atoms with Crippen molar-refractivity contribution in [3.8, 4) is 5.75 Å². The molecule has 3 fully saturated rings. The highest BCUT2D eigenvalue weighted by molar-refractivity contribution is 6.02. The highest BCUT2D eigenvalue weighted by Gasteiger charge is 2.60. The van der Waals surface area contributed by atoms with Gasteiger partial charge in [0.15, 0.2) is 0 Å². The van der Waals surface area contributed by atoms with Gasteiger partial charge in [-0.05, 0) is 72.9 Å². The van der Waals surface area contributed by atoms with Crippen LogP contribution in [0, 0.1) is 17.3 Å². The first-order chi connectivity index (χ1) is 15.9. The van der Waals surface area contributed by atoms with Crippen molar-refractivity contribution >= 4 is 17.5 Å². The van der Waals surface area contributed by atoms with Gasteiger partial charge in [0.2, 0.25) is 5.91 Å². The summed E-state index contributed by atoms with van der Waals surface area (Å²) in [6.07, 6.45) is 4.51. The Kier molecular flexibility index (Phi) is 4.51. The first-order valence-electron chi connectivity index (χ1n) is 12.1. The number of amides is 2. The fourth-order valence-electron chi connectivity index (χ4n) is 6.89. The van der Waals surface area contributed by atoms with Crippen molar-refractivity contribution < 1.29 is 14.3 Å². The van der Waals surface area contributed by atoms with Gasteiger partial charge in [0.25, 0.3) is 5.91 Å². The third-order valence-corrected chi connectivity index (χ3v) is 8.71. The quantitative estimate of drug-likeness (QED) is 0.734. The molecule has 6 nitrogen and oxygen atoms in total. The summed E-state index contributed by atoms with van der Waals surface area (Å²) in [5.74, 6) is 1.39. The summed E-state index contributed by atoms with van der Waals surface area (Å²) in [5.41, 5.74) is 3.50. The standard InChI is InChI=1S/C27H31N3O3/c1-26-11-9-19(27(16-26)28-23-6-4-3-5-21(23)24(31)29-27)14-22(26)25(32)30-12-10-17-13-20(33-2)8-7-18(17)15-30/h3-8,13,19,22,28H,9-12,14-16H2,1-2H3,(H,29,31)/t19-,22+,26+,27+/m1/s1. The number of benzene rings is 2. The van der Waals surface area contributed by atoms with Crippen LogP contribution in [0.15, 0.2) is 42.5 Å². The van der Waals surface area contributed by atoms with Gasteiger partial charge in [-0.1, -0.05) is 25.1 Å². The number of methoxy groups -OCH3 is 1. The summed E-state index contributed by atoms with van der Waals surface area (Å²) in [7, 11) is 1.69. The van der Waals surface area contributed by atoms with Crippen LogP contribution in [-0.4, -0.2) is 36.0 Å². The van der Waals surface area contributed by atoms with Gasteiger partial charge in [-0.25, -0.2) is 0 Å². The number of carbonyl (C=O) groups is 2. The van der Waals surface area contributed by atoms with Crippen LogP contribution in [0.1, 0.15) is 54.1 Å². The summed E-state index contributed by atoms with van der Waals surface area (Å²) in [4.78, 5) is 28.8. The molecule has 6 heteroatoms. The van der Waals surface area contributed by atoms with Crippen molar-refractivity contribution in [2.45, 2.75) is 51.2 Å². The molecule has 3 aliphatic carbocycles. The summed E-state index contributed by atoms with van der Waals surface area (Å²) in [6, 6.07) is 13.9. The Morgan fingerprint density at radius 3 is 2.82 bits per heavy atom. The van der Waals surface area contributed by atoms with Gasteiger partial charge in [0.1, 0.15) is 11.4 Å². The van der Waals surface area contributed by atoms with E-state index in [0.717, 1.165) is 50.1 Å². The van der Waals surface area contributed by atoms with Crippen molar-refractivity contribution in [1.29, 1.82) is 0 Å². The predicted octanol–water partition coefficient (Wildman–Crippen LogP) is 3.96. The number of hydrogen-bond acceptors (Lipinski definition) is 4. The lowest BCUT2D eigenvalue weighted by atomic mass is 9.51. The highest BCUT2D eigenvalue weighted by Crippen LogP contribution is 2.59. The van der Waals surface area contributed by atoms with Gasteiger partial charge in [-0.2, -0.15) is 0 Å². The monoisotopic (exact) mass is 445 g/mol. The fourth-order valence-corrected chi connectivity index (χ4v) is 6.89. The topological polar surface area (TPSA) is 70.7 Å². The van der Waals surface area contributed by atoms with Crippen molar-refractivity contribution in [1.82, 2.24) is 10.2 Å². The summed E-state index contributed by atoms with van der Waals surface area (Å²) in [5, 5.41) is 7.01. The normalized spacial score (nSPS) is 31.9. The smallest absolute Gasteiger partial charge is 0.255 e. The van der Waals surface area contributed by atoms with Gasteiger partial charge < -0.3 is 20.3 Å². The number of rotatable bonds is 2. The minimum absolute atomic E-state index is 0.00227. The maximum absolute atomic E-state index is 13.8. The average Bonchev–Trinajstić information content (AvgIpc) is 2.82. The van der Waals surface area contributed by atoms with Crippen molar-refractivity contribution in [2.75, 3.05) is 19.0 Å². The third kappa shape index (κ3) is 3.14. The Labute approximate surface area is 194 Å². The van der Waals surface area contributed by atoms with Crippen LogP contribution in [0.5, 0.6) is 5.75 Å². The third-order valence-electron chi connectivity index (χ3n) is 8.71. The Morgan fingerprint density at radius 2 is 2.00 bits per heavy atom. The zero-order valence-corrected chi connectivity index (χ0v) is 19.3. The Bertz CT molecular complexity index is 1150. The minimum Gasteiger partial charge on any atom is -0.497 e. The largest absolute Gasteiger partial charge is 0.497 e. The highest BCUT2D eigenvalue weighted by atomic mass is 16.5. The van der Waals surface area contributed by atoms with Gasteiger partial charge >= 0.3 is 0 Å². The Morgan fingerprint density at radius 1 is 1.15 bits per heavy atom. The molecule has 2 aliphatic heterocycles. The number of hydrogen-bond donors (Lipinski definition) is 2. The molecule has 2 bridgehead atoms. The molecular weight excluding hydrogens is 414 g/mol. The van der Waals surface area contributed by atoms with Gasteiger partial charge in [0, 0.05) is 30.6 Å². The molecule has 2 amide bonds. The second-order valence-electron chi connectivity index (χ2n) is 10.6. The number of anilines is 1.